The van der Waals surface area contributed by atoms with E-state index in [1.165, 1.54) is 0 Å². The van der Waals surface area contributed by atoms with Crippen LogP contribution in [0.5, 0.6) is 0 Å². The molecule has 0 amide bonds. The third kappa shape index (κ3) is 1690. The summed E-state index contributed by atoms with van der Waals surface area (Å²) in [7, 11) is 0. The molecule has 21 heavy (non-hydrogen) atoms. The van der Waals surface area contributed by atoms with Gasteiger partial charge in [0.15, 0.2) is 0 Å². The van der Waals surface area contributed by atoms with Gasteiger partial charge in [0.25, 0.3) is 0 Å². The van der Waals surface area contributed by atoms with Crippen molar-refractivity contribution in [2.45, 2.75) is 93.0 Å². The quantitative estimate of drug-likeness (QED) is 0.252. The van der Waals surface area contributed by atoms with E-state index in [2.05, 4.69) is 6.92 Å². The second-order valence-corrected chi connectivity index (χ2v) is 0. The second kappa shape index (κ2) is 1860. The van der Waals surface area contributed by atoms with Crippen molar-refractivity contribution < 1.29 is 65.4 Å². The number of rotatable bonds is 0. The van der Waals surface area contributed by atoms with Crippen molar-refractivity contribution >= 4 is 16.8 Å². The van der Waals surface area contributed by atoms with Gasteiger partial charge in [-0.2, -0.15) is 6.92 Å². The Morgan fingerprint density at radius 1 is 0.381 bits per heavy atom. The van der Waals surface area contributed by atoms with E-state index in [0.29, 0.717) is 0 Å². The molecule has 0 aliphatic rings. The van der Waals surface area contributed by atoms with E-state index in [4.69, 9.17) is 0 Å². The molecule has 0 atom stereocenters. The molecule has 0 spiro atoms. The van der Waals surface area contributed by atoms with Crippen LogP contribution in [0.25, 0.3) is 0 Å². The summed E-state index contributed by atoms with van der Waals surface area (Å²) >= 11 is 0. The molecule has 0 heterocycles. The Kier molecular flexibility index (Phi) is 25700. The molecule has 0 aromatic rings. The first-order valence-corrected chi connectivity index (χ1v) is 3.71. The van der Waals surface area contributed by atoms with Crippen LogP contribution in [0.15, 0.2) is 0 Å². The van der Waals surface area contributed by atoms with Gasteiger partial charge in [0, 0.05) is 82.2 Å². The van der Waals surface area contributed by atoms with Gasteiger partial charge in [0.2, 0.25) is 0 Å². The maximum absolute atomic E-state index is 3.25. The van der Waals surface area contributed by atoms with Gasteiger partial charge in [-0.3, -0.25) is 0 Å². The van der Waals surface area contributed by atoms with Crippen LogP contribution in [0.3, 0.4) is 0 Å². The topological polar surface area (TPSA) is 0 Å². The Hall–Kier alpha value is 2.34. The van der Waals surface area contributed by atoms with Gasteiger partial charge in [0.05, 0.1) is 0 Å². The molecule has 140 valence electrons. The van der Waals surface area contributed by atoms with E-state index in [-0.39, 0.29) is 149 Å². The normalized spacial score (nSPS) is 1.14. The molecule has 0 aliphatic heterocycles. The minimum atomic E-state index is 0. The van der Waals surface area contributed by atoms with Crippen LogP contribution in [0.1, 0.15) is 93.0 Å². The SMILES string of the molecule is C.C.C.C.C.C.CC.CC.CC.[B].[B].[CH2-]C.[CH3-].[CH3-].[CH3-].[Y].[Y]. The van der Waals surface area contributed by atoms with Crippen LogP contribution in [-0.4, -0.2) is 16.8 Å². The maximum atomic E-state index is 3.25. The summed E-state index contributed by atoms with van der Waals surface area (Å²) in [5.74, 6) is 0. The predicted octanol–water partition coefficient (Wildman–Crippen LogP) is 8.32. The van der Waals surface area contributed by atoms with Gasteiger partial charge in [-0.25, -0.2) is 0 Å². The van der Waals surface area contributed by atoms with Gasteiger partial charge >= 0.3 is 0 Å². The van der Waals surface area contributed by atoms with Crippen molar-refractivity contribution in [3.63, 3.8) is 0 Å². The van der Waals surface area contributed by atoms with E-state index >= 15 is 0 Å². The van der Waals surface area contributed by atoms with Gasteiger partial charge in [-0.15, -0.1) is 0 Å². The number of hydrogen-bond donors (Lipinski definition) is 0. The predicted molar refractivity (Wildman–Crippen MR) is 116 cm³/mol. The van der Waals surface area contributed by atoms with E-state index in [9.17, 15) is 0 Å². The van der Waals surface area contributed by atoms with Crippen molar-refractivity contribution in [2.24, 2.45) is 0 Å². The first kappa shape index (κ1) is 290. The first-order chi connectivity index (χ1) is 4.00. The van der Waals surface area contributed by atoms with E-state index in [1.54, 1.807) is 6.92 Å². The third-order valence-corrected chi connectivity index (χ3v) is 0. The average Bonchev–Trinajstić information content (AvgIpc) is 2.03. The minimum Gasteiger partial charge on any atom is -0.358 e. The van der Waals surface area contributed by atoms with Crippen LogP contribution in [0.2, 0.25) is 0 Å². The zero-order valence-electron chi connectivity index (χ0n) is 13.0. The molecule has 0 bridgehead atoms. The van der Waals surface area contributed by atoms with Crippen molar-refractivity contribution in [2.75, 3.05) is 0 Å². The fraction of sp³-hybridized carbons (Fsp3) is 0.765. The molecule has 0 fully saturated rings. The van der Waals surface area contributed by atoms with E-state index in [0.717, 1.165) is 0 Å². The Bertz CT molecular complexity index is 18.8. The van der Waals surface area contributed by atoms with E-state index < -0.39 is 0 Å². The molecule has 0 unspecified atom stereocenters. The molecule has 0 saturated heterocycles. The van der Waals surface area contributed by atoms with Crippen LogP contribution >= 0.6 is 0 Å². The van der Waals surface area contributed by atoms with Crippen molar-refractivity contribution in [1.29, 1.82) is 0 Å². The largest absolute Gasteiger partial charge is 0.358 e. The smallest absolute Gasteiger partial charge is 0 e. The van der Waals surface area contributed by atoms with Gasteiger partial charge < -0.3 is 29.2 Å². The van der Waals surface area contributed by atoms with Crippen molar-refractivity contribution in [3.8, 4) is 0 Å². The monoisotopic (exact) mass is 460 g/mol. The molecule has 8 radical (unpaired) electrons. The number of hydrogen-bond acceptors (Lipinski definition) is 0. The fourth-order valence-corrected chi connectivity index (χ4v) is 0. The van der Waals surface area contributed by atoms with Crippen LogP contribution < -0.4 is 0 Å². The standard InChI is InChI=1S/3C2H6.C2H5.6CH4.3CH3.2B.2Y/c4*1-2;;;;;;;;;;;;;/h3*1-2H3;1H2,2H3;6*1H4;3*1H3;;;;/q;;;-1;;;;;;;3*-1;;;;. The molecule has 0 N–H and O–H groups in total. The zero-order valence-corrected chi connectivity index (χ0v) is 18.7. The Labute approximate surface area is 202 Å². The molecular weight excluding hydrogens is 404 g/mol. The van der Waals surface area contributed by atoms with Gasteiger partial charge in [-0.1, -0.05) is 86.1 Å². The summed E-state index contributed by atoms with van der Waals surface area (Å²) in [4.78, 5) is 0. The third-order valence-electron chi connectivity index (χ3n) is 0. The molecule has 0 saturated carbocycles. The van der Waals surface area contributed by atoms with Crippen LogP contribution in [0, 0.1) is 29.2 Å². The molecule has 4 heteroatoms. The van der Waals surface area contributed by atoms with Crippen molar-refractivity contribution in [1.82, 2.24) is 0 Å². The summed E-state index contributed by atoms with van der Waals surface area (Å²) in [6.07, 6.45) is 0. The van der Waals surface area contributed by atoms with Crippen LogP contribution in [0.4, 0.5) is 0 Å². The van der Waals surface area contributed by atoms with E-state index in [1.807, 2.05) is 41.5 Å². The molecular formula is C17H56B2Y2-4. The molecule has 0 nitrogen and oxygen atoms in total. The maximum Gasteiger partial charge on any atom is 0 e. The molecule has 0 aliphatic carbocycles. The van der Waals surface area contributed by atoms with Gasteiger partial charge in [-0.05, 0) is 0 Å². The summed E-state index contributed by atoms with van der Waals surface area (Å²) < 4.78 is 0. The summed E-state index contributed by atoms with van der Waals surface area (Å²) in [6, 6.07) is 0. The molecule has 0 aromatic heterocycles. The van der Waals surface area contributed by atoms with Crippen molar-refractivity contribution in [3.05, 3.63) is 29.2 Å². The summed E-state index contributed by atoms with van der Waals surface area (Å²) in [5.41, 5.74) is 0. The average molecular weight is 460 g/mol. The van der Waals surface area contributed by atoms with Crippen LogP contribution in [-0.2, 0) is 65.4 Å². The minimum absolute atomic E-state index is 0. The van der Waals surface area contributed by atoms with Gasteiger partial charge in [0.1, 0.15) is 0 Å². The Balaban J connectivity index is -0.000000000561. The Morgan fingerprint density at radius 2 is 0.381 bits per heavy atom. The fourth-order valence-electron chi connectivity index (χ4n) is 0. The second-order valence-electron chi connectivity index (χ2n) is 0. The Morgan fingerprint density at radius 3 is 0.381 bits per heavy atom. The molecule has 0 rings (SSSR count). The molecule has 0 aromatic carbocycles. The summed E-state index contributed by atoms with van der Waals surface area (Å²) in [5, 5.41) is 0. The zero-order chi connectivity index (χ0) is 8.00. The first-order valence-electron chi connectivity index (χ1n) is 3.71. The summed E-state index contributed by atoms with van der Waals surface area (Å²) in [6.45, 7) is 17.0.